The summed E-state index contributed by atoms with van der Waals surface area (Å²) in [6.45, 7) is 1.86. The second kappa shape index (κ2) is 5.84. The predicted octanol–water partition coefficient (Wildman–Crippen LogP) is 1.08. The van der Waals surface area contributed by atoms with E-state index < -0.39 is 0 Å². The molecule has 0 saturated carbocycles. The van der Waals surface area contributed by atoms with Crippen LogP contribution in [0.3, 0.4) is 0 Å². The Bertz CT molecular complexity index is 319. The molecule has 0 aromatic rings. The minimum absolute atomic E-state index is 0.00547. The number of carbonyl (C=O) groups is 2. The summed E-state index contributed by atoms with van der Waals surface area (Å²) in [5, 5.41) is 2.72. The summed E-state index contributed by atoms with van der Waals surface area (Å²) < 4.78 is 0. The van der Waals surface area contributed by atoms with Gasteiger partial charge in [-0.2, -0.15) is 0 Å². The molecule has 0 radical (unpaired) electrons. The summed E-state index contributed by atoms with van der Waals surface area (Å²) in [4.78, 5) is 25.1. The molecule has 0 bridgehead atoms. The molecule has 0 spiro atoms. The van der Waals surface area contributed by atoms with E-state index >= 15 is 0 Å². The van der Waals surface area contributed by atoms with Crippen LogP contribution in [0.25, 0.3) is 0 Å². The number of amides is 2. The molecule has 1 atom stereocenters. The van der Waals surface area contributed by atoms with E-state index in [-0.39, 0.29) is 18.4 Å². The fraction of sp³-hybridized carbons (Fsp3) is 0.692. The van der Waals surface area contributed by atoms with Gasteiger partial charge < -0.3 is 10.2 Å². The number of nitrogens with zero attached hydrogens (tertiary/aromatic N) is 1. The Labute approximate surface area is 102 Å². The number of rotatable bonds is 4. The van der Waals surface area contributed by atoms with Crippen LogP contribution in [0.15, 0.2) is 12.2 Å². The zero-order chi connectivity index (χ0) is 12.1. The van der Waals surface area contributed by atoms with Crippen LogP contribution in [-0.4, -0.2) is 36.3 Å². The summed E-state index contributed by atoms with van der Waals surface area (Å²) >= 11 is 0. The average molecular weight is 236 g/mol. The molecule has 1 N–H and O–H groups in total. The molecule has 0 aromatic carbocycles. The van der Waals surface area contributed by atoms with Crippen LogP contribution in [0.2, 0.25) is 0 Å². The van der Waals surface area contributed by atoms with Gasteiger partial charge in [0.05, 0.1) is 6.54 Å². The summed E-state index contributed by atoms with van der Waals surface area (Å²) in [6.07, 6.45) is 9.05. The van der Waals surface area contributed by atoms with E-state index in [0.29, 0.717) is 12.3 Å². The Morgan fingerprint density at radius 1 is 1.29 bits per heavy atom. The van der Waals surface area contributed by atoms with Crippen molar-refractivity contribution in [3.05, 3.63) is 12.2 Å². The van der Waals surface area contributed by atoms with Gasteiger partial charge in [-0.1, -0.05) is 12.2 Å². The first-order valence-electron chi connectivity index (χ1n) is 6.47. The smallest absolute Gasteiger partial charge is 0.241 e. The Hall–Kier alpha value is -1.32. The third-order valence-electron chi connectivity index (χ3n) is 3.46. The standard InChI is InChI=1S/C13H20N2O2/c16-12(9-11-5-1-2-6-11)14-10-13(17)15-7-3-4-8-15/h1,5,11H,2-4,6-10H2,(H,14,16)/t11-/m0/s1. The maximum atomic E-state index is 11.7. The molecule has 4 nitrogen and oxygen atoms in total. The third kappa shape index (κ3) is 3.58. The quantitative estimate of drug-likeness (QED) is 0.743. The van der Waals surface area contributed by atoms with E-state index in [1.807, 2.05) is 4.90 Å². The molecule has 1 saturated heterocycles. The molecule has 1 heterocycles. The van der Waals surface area contributed by atoms with Crippen LogP contribution >= 0.6 is 0 Å². The molecule has 17 heavy (non-hydrogen) atoms. The van der Waals surface area contributed by atoms with Crippen molar-refractivity contribution in [2.24, 2.45) is 5.92 Å². The highest BCUT2D eigenvalue weighted by molar-refractivity contribution is 5.85. The van der Waals surface area contributed by atoms with Gasteiger partial charge in [0, 0.05) is 19.5 Å². The largest absolute Gasteiger partial charge is 0.347 e. The molecular formula is C13H20N2O2. The third-order valence-corrected chi connectivity index (χ3v) is 3.46. The van der Waals surface area contributed by atoms with Crippen molar-refractivity contribution in [2.45, 2.75) is 32.1 Å². The molecule has 0 unspecified atom stereocenters. The summed E-state index contributed by atoms with van der Waals surface area (Å²) in [7, 11) is 0. The molecule has 2 aliphatic rings. The fourth-order valence-corrected chi connectivity index (χ4v) is 2.43. The number of hydrogen-bond acceptors (Lipinski definition) is 2. The van der Waals surface area contributed by atoms with Gasteiger partial charge in [0.1, 0.15) is 0 Å². The van der Waals surface area contributed by atoms with E-state index in [1.54, 1.807) is 0 Å². The van der Waals surface area contributed by atoms with Crippen LogP contribution in [-0.2, 0) is 9.59 Å². The van der Waals surface area contributed by atoms with Crippen LogP contribution in [0, 0.1) is 5.92 Å². The van der Waals surface area contributed by atoms with Gasteiger partial charge in [-0.15, -0.1) is 0 Å². The highest BCUT2D eigenvalue weighted by atomic mass is 16.2. The van der Waals surface area contributed by atoms with Crippen LogP contribution in [0.4, 0.5) is 0 Å². The Kier molecular flexibility index (Phi) is 4.18. The molecule has 1 aliphatic carbocycles. The number of carbonyl (C=O) groups excluding carboxylic acids is 2. The highest BCUT2D eigenvalue weighted by Gasteiger charge is 2.19. The van der Waals surface area contributed by atoms with E-state index in [0.717, 1.165) is 38.8 Å². The van der Waals surface area contributed by atoms with Crippen molar-refractivity contribution in [3.8, 4) is 0 Å². The highest BCUT2D eigenvalue weighted by Crippen LogP contribution is 2.19. The van der Waals surface area contributed by atoms with Crippen molar-refractivity contribution < 1.29 is 9.59 Å². The number of allylic oxidation sites excluding steroid dienone is 2. The SMILES string of the molecule is O=C(C[C@H]1C=CCC1)NCC(=O)N1CCCC1. The fourth-order valence-electron chi connectivity index (χ4n) is 2.43. The van der Waals surface area contributed by atoms with E-state index in [1.165, 1.54) is 0 Å². The maximum Gasteiger partial charge on any atom is 0.241 e. The topological polar surface area (TPSA) is 49.4 Å². The number of nitrogens with one attached hydrogen (secondary N) is 1. The number of hydrogen-bond donors (Lipinski definition) is 1. The van der Waals surface area contributed by atoms with E-state index in [2.05, 4.69) is 17.5 Å². The van der Waals surface area contributed by atoms with Gasteiger partial charge in [-0.05, 0) is 31.6 Å². The van der Waals surface area contributed by atoms with Gasteiger partial charge in [0.25, 0.3) is 0 Å². The molecule has 4 heteroatoms. The van der Waals surface area contributed by atoms with Gasteiger partial charge in [0.2, 0.25) is 11.8 Å². The first kappa shape index (κ1) is 12.1. The van der Waals surface area contributed by atoms with Crippen molar-refractivity contribution in [1.82, 2.24) is 10.2 Å². The average Bonchev–Trinajstić information content (AvgIpc) is 2.97. The first-order chi connectivity index (χ1) is 8.25. The molecule has 1 fully saturated rings. The van der Waals surface area contributed by atoms with Crippen molar-refractivity contribution in [2.75, 3.05) is 19.6 Å². The summed E-state index contributed by atoms with van der Waals surface area (Å²) in [6, 6.07) is 0. The monoisotopic (exact) mass is 236 g/mol. The summed E-state index contributed by atoms with van der Waals surface area (Å²) in [5.41, 5.74) is 0. The van der Waals surface area contributed by atoms with Crippen molar-refractivity contribution in [3.63, 3.8) is 0 Å². The lowest BCUT2D eigenvalue weighted by molar-refractivity contribution is -0.132. The first-order valence-corrected chi connectivity index (χ1v) is 6.47. The molecule has 2 rings (SSSR count). The molecular weight excluding hydrogens is 216 g/mol. The zero-order valence-corrected chi connectivity index (χ0v) is 10.2. The van der Waals surface area contributed by atoms with Crippen LogP contribution in [0.1, 0.15) is 32.1 Å². The predicted molar refractivity (Wildman–Crippen MR) is 65.3 cm³/mol. The Morgan fingerprint density at radius 3 is 2.71 bits per heavy atom. The normalized spacial score (nSPS) is 23.1. The zero-order valence-electron chi connectivity index (χ0n) is 10.2. The Morgan fingerprint density at radius 2 is 2.06 bits per heavy atom. The van der Waals surface area contributed by atoms with Gasteiger partial charge in [-0.25, -0.2) is 0 Å². The molecule has 0 aromatic heterocycles. The Balaban J connectivity index is 1.64. The van der Waals surface area contributed by atoms with Crippen molar-refractivity contribution in [1.29, 1.82) is 0 Å². The van der Waals surface area contributed by atoms with Crippen molar-refractivity contribution >= 4 is 11.8 Å². The van der Waals surface area contributed by atoms with Gasteiger partial charge in [-0.3, -0.25) is 9.59 Å². The minimum atomic E-state index is -0.00547. The second-order valence-corrected chi connectivity index (χ2v) is 4.83. The summed E-state index contributed by atoms with van der Waals surface area (Å²) in [5.74, 6) is 0.420. The van der Waals surface area contributed by atoms with E-state index in [4.69, 9.17) is 0 Å². The second-order valence-electron chi connectivity index (χ2n) is 4.83. The molecule has 2 amide bonds. The van der Waals surface area contributed by atoms with Gasteiger partial charge in [0.15, 0.2) is 0 Å². The van der Waals surface area contributed by atoms with E-state index in [9.17, 15) is 9.59 Å². The lowest BCUT2D eigenvalue weighted by Gasteiger charge is -2.15. The van der Waals surface area contributed by atoms with Crippen LogP contribution in [0.5, 0.6) is 0 Å². The lowest BCUT2D eigenvalue weighted by atomic mass is 10.1. The van der Waals surface area contributed by atoms with Gasteiger partial charge >= 0.3 is 0 Å². The maximum absolute atomic E-state index is 11.7. The van der Waals surface area contributed by atoms with Crippen LogP contribution < -0.4 is 5.32 Å². The molecule has 94 valence electrons. The lowest BCUT2D eigenvalue weighted by Crippen LogP contribution is -2.38. The molecule has 1 aliphatic heterocycles. The number of likely N-dealkylation sites (tertiary alicyclic amines) is 1. The minimum Gasteiger partial charge on any atom is -0.347 e.